The van der Waals surface area contributed by atoms with Gasteiger partial charge in [0.05, 0.1) is 34.0 Å². The first-order valence-corrected chi connectivity index (χ1v) is 19.5. The predicted octanol–water partition coefficient (Wildman–Crippen LogP) is 7.51. The SMILES string of the molecule is CNC(=O)C(C)=Cc1cccc([C@@]2(C)CCCC(C)(C)CS(=O)(=O)CC(NC)c3c(c(F)c(F)c4[nH]ccc34)Oc3ccc(F)c(c3)-c3nc2nn3C)c1. The van der Waals surface area contributed by atoms with Crippen molar-refractivity contribution in [2.45, 2.75) is 58.4 Å². The van der Waals surface area contributed by atoms with Crippen LogP contribution in [-0.4, -0.2) is 59.7 Å². The lowest BCUT2D eigenvalue weighted by Crippen LogP contribution is -2.32. The molecule has 1 unspecified atom stereocenters. The summed E-state index contributed by atoms with van der Waals surface area (Å²) < 4.78 is 82.7. The molecule has 14 heteroatoms. The van der Waals surface area contributed by atoms with Crippen LogP contribution in [0.1, 0.15) is 75.5 Å². The molecule has 3 aromatic carbocycles. The molecule has 0 fully saturated rings. The minimum absolute atomic E-state index is 0.00846. The molecular formula is C40H45F3N6O4S. The van der Waals surface area contributed by atoms with Gasteiger partial charge in [-0.05, 0) is 80.6 Å². The fraction of sp³-hybridized carbons (Fsp3) is 0.375. The number of hydrogen-bond acceptors (Lipinski definition) is 7. The number of rotatable bonds is 4. The minimum Gasteiger partial charge on any atom is -0.454 e. The maximum atomic E-state index is 16.0. The van der Waals surface area contributed by atoms with Gasteiger partial charge in [0.25, 0.3) is 0 Å². The Labute approximate surface area is 313 Å². The predicted molar refractivity (Wildman–Crippen MR) is 203 cm³/mol. The molecule has 0 saturated carbocycles. The third-order valence-corrected chi connectivity index (χ3v) is 12.4. The van der Waals surface area contributed by atoms with Crippen molar-refractivity contribution in [1.82, 2.24) is 30.4 Å². The van der Waals surface area contributed by atoms with E-state index in [0.717, 1.165) is 17.2 Å². The summed E-state index contributed by atoms with van der Waals surface area (Å²) in [6, 6.07) is 12.0. The van der Waals surface area contributed by atoms with Crippen LogP contribution < -0.4 is 15.4 Å². The van der Waals surface area contributed by atoms with Gasteiger partial charge in [0.15, 0.2) is 33.1 Å². The maximum Gasteiger partial charge on any atom is 0.246 e. The van der Waals surface area contributed by atoms with E-state index in [-0.39, 0.29) is 45.3 Å². The molecule has 0 saturated heterocycles. The number of fused-ring (bicyclic) bond motifs is 8. The Bertz CT molecular complexity index is 2390. The molecule has 1 aliphatic heterocycles. The second-order valence-corrected chi connectivity index (χ2v) is 17.2. The highest BCUT2D eigenvalue weighted by atomic mass is 32.2. The van der Waals surface area contributed by atoms with E-state index in [1.165, 1.54) is 29.1 Å². The topological polar surface area (TPSA) is 131 Å². The molecule has 1 aliphatic rings. The first-order valence-electron chi connectivity index (χ1n) is 17.7. The number of nitrogens with one attached hydrogen (secondary N) is 3. The zero-order chi connectivity index (χ0) is 39.2. The number of benzene rings is 3. The van der Waals surface area contributed by atoms with Gasteiger partial charge in [0.2, 0.25) is 11.7 Å². The van der Waals surface area contributed by atoms with Crippen molar-refractivity contribution < 1.29 is 31.1 Å². The quantitative estimate of drug-likeness (QED) is 0.162. The van der Waals surface area contributed by atoms with Gasteiger partial charge in [-0.1, -0.05) is 44.5 Å². The molecule has 10 nitrogen and oxygen atoms in total. The highest BCUT2D eigenvalue weighted by Gasteiger charge is 2.37. The Morgan fingerprint density at radius 2 is 1.81 bits per heavy atom. The summed E-state index contributed by atoms with van der Waals surface area (Å²) in [5.74, 6) is -3.93. The van der Waals surface area contributed by atoms with Crippen LogP contribution in [0.3, 0.4) is 0 Å². The van der Waals surface area contributed by atoms with Gasteiger partial charge in [-0.25, -0.2) is 26.9 Å². The number of amides is 1. The number of aryl methyl sites for hydroxylation is 1. The van der Waals surface area contributed by atoms with Crippen LogP contribution in [0.2, 0.25) is 0 Å². The summed E-state index contributed by atoms with van der Waals surface area (Å²) in [5, 5.41) is 10.7. The summed E-state index contributed by atoms with van der Waals surface area (Å²) in [7, 11) is 0.946. The zero-order valence-corrected chi connectivity index (χ0v) is 32.2. The third-order valence-electron chi connectivity index (χ3n) is 10.3. The third kappa shape index (κ3) is 7.54. The van der Waals surface area contributed by atoms with Gasteiger partial charge in [-0.3, -0.25) is 4.79 Å². The molecule has 6 rings (SSSR count). The number of aromatic amines is 1. The van der Waals surface area contributed by atoms with Crippen LogP contribution in [0.25, 0.3) is 28.4 Å². The van der Waals surface area contributed by atoms with E-state index in [1.54, 1.807) is 34.1 Å². The molecule has 0 aliphatic carbocycles. The van der Waals surface area contributed by atoms with Crippen LogP contribution >= 0.6 is 0 Å². The molecule has 3 N–H and O–H groups in total. The van der Waals surface area contributed by atoms with Crippen molar-refractivity contribution in [3.63, 3.8) is 0 Å². The normalized spacial score (nSPS) is 20.4. The monoisotopic (exact) mass is 762 g/mol. The molecule has 2 atom stereocenters. The van der Waals surface area contributed by atoms with Crippen molar-refractivity contribution in [1.29, 1.82) is 0 Å². The van der Waals surface area contributed by atoms with Crippen molar-refractivity contribution in [2.75, 3.05) is 25.6 Å². The minimum atomic E-state index is -3.82. The Morgan fingerprint density at radius 3 is 2.54 bits per heavy atom. The Hall–Kier alpha value is -4.95. The number of nitrogens with zero attached hydrogens (tertiary/aromatic N) is 3. The summed E-state index contributed by atoms with van der Waals surface area (Å²) >= 11 is 0. The van der Waals surface area contributed by atoms with E-state index in [1.807, 2.05) is 45.0 Å². The van der Waals surface area contributed by atoms with Crippen molar-refractivity contribution in [2.24, 2.45) is 12.5 Å². The van der Waals surface area contributed by atoms with Gasteiger partial charge >= 0.3 is 0 Å². The molecule has 1 amide bonds. The lowest BCUT2D eigenvalue weighted by atomic mass is 9.75. The zero-order valence-electron chi connectivity index (χ0n) is 31.4. The van der Waals surface area contributed by atoms with E-state index in [0.29, 0.717) is 30.7 Å². The highest BCUT2D eigenvalue weighted by molar-refractivity contribution is 7.91. The first-order chi connectivity index (χ1) is 25.5. The Balaban J connectivity index is 1.55. The van der Waals surface area contributed by atoms with Crippen LogP contribution in [0.5, 0.6) is 11.5 Å². The van der Waals surface area contributed by atoms with E-state index < -0.39 is 55.7 Å². The molecule has 54 heavy (non-hydrogen) atoms. The van der Waals surface area contributed by atoms with Crippen molar-refractivity contribution in [3.8, 4) is 22.9 Å². The first kappa shape index (κ1) is 38.8. The molecule has 4 bridgehead atoms. The molecular weight excluding hydrogens is 718 g/mol. The van der Waals surface area contributed by atoms with Crippen LogP contribution in [-0.2, 0) is 27.1 Å². The smallest absolute Gasteiger partial charge is 0.246 e. The number of halogens is 3. The largest absolute Gasteiger partial charge is 0.454 e. The summed E-state index contributed by atoms with van der Waals surface area (Å²) in [6.07, 6.45) is 4.83. The van der Waals surface area contributed by atoms with Gasteiger partial charge in [-0.2, -0.15) is 9.49 Å². The van der Waals surface area contributed by atoms with Gasteiger partial charge in [0.1, 0.15) is 11.6 Å². The number of sulfone groups is 1. The number of likely N-dealkylation sites (N-methyl/N-ethyl adjacent to an activating group) is 1. The fourth-order valence-corrected chi connectivity index (χ4v) is 9.76. The molecule has 0 radical (unpaired) electrons. The summed E-state index contributed by atoms with van der Waals surface area (Å²) in [6.45, 7) is 7.50. The van der Waals surface area contributed by atoms with Gasteiger partial charge in [0, 0.05) is 36.8 Å². The van der Waals surface area contributed by atoms with Crippen LogP contribution in [0, 0.1) is 22.9 Å². The van der Waals surface area contributed by atoms with Crippen molar-refractivity contribution >= 4 is 32.7 Å². The number of aromatic nitrogens is 4. The molecule has 286 valence electrons. The Morgan fingerprint density at radius 1 is 1.06 bits per heavy atom. The second-order valence-electron chi connectivity index (χ2n) is 15.0. The number of carbonyl (C=O) groups is 1. The molecule has 0 spiro atoms. The second kappa shape index (κ2) is 14.7. The lowest BCUT2D eigenvalue weighted by Gasteiger charge is -2.31. The van der Waals surface area contributed by atoms with Crippen LogP contribution in [0.15, 0.2) is 60.3 Å². The molecule has 3 heterocycles. The number of carbonyl (C=O) groups excluding carboxylic acids is 1. The molecule has 5 aromatic rings. The maximum absolute atomic E-state index is 16.0. The molecule has 2 aromatic heterocycles. The summed E-state index contributed by atoms with van der Waals surface area (Å²) in [4.78, 5) is 19.9. The van der Waals surface area contributed by atoms with Crippen LogP contribution in [0.4, 0.5) is 13.2 Å². The highest BCUT2D eigenvalue weighted by Crippen LogP contribution is 2.43. The number of H-pyrrole nitrogens is 1. The average Bonchev–Trinajstić information content (AvgIpc) is 3.76. The van der Waals surface area contributed by atoms with E-state index in [9.17, 15) is 13.2 Å². The van der Waals surface area contributed by atoms with E-state index in [4.69, 9.17) is 14.8 Å². The van der Waals surface area contributed by atoms with E-state index >= 15 is 13.2 Å². The Kier molecular flexibility index (Phi) is 10.6. The standard InChI is InChI=1S/C40H45F3N6O4S/c1-23(37(50)45-6)18-24-10-8-11-25(19-24)40(4)16-9-15-39(2,3)22-54(51,52)21-30(44-5)31-27-14-17-46-34(27)32(42)33(43)35(31)53-26-12-13-29(41)28(20-26)36-47-38(40)48-49(36)7/h8,10-14,17-20,30,44,46H,9,15-16,21-22H2,1-7H3,(H,45,50)/t30?,40-/m1/s1. The fourth-order valence-electron chi connectivity index (χ4n) is 7.46. The average molecular weight is 763 g/mol. The lowest BCUT2D eigenvalue weighted by molar-refractivity contribution is -0.116. The number of hydrogen-bond donors (Lipinski definition) is 3. The van der Waals surface area contributed by atoms with Crippen molar-refractivity contribution in [3.05, 3.63) is 100 Å². The van der Waals surface area contributed by atoms with Gasteiger partial charge < -0.3 is 20.4 Å². The van der Waals surface area contributed by atoms with Gasteiger partial charge in [-0.15, -0.1) is 0 Å². The van der Waals surface area contributed by atoms with E-state index in [2.05, 4.69) is 15.6 Å². The summed E-state index contributed by atoms with van der Waals surface area (Å²) in [5.41, 5.74) is 0.613. The number of ether oxygens (including phenoxy) is 1.